The Morgan fingerprint density at radius 2 is 2.11 bits per heavy atom. The summed E-state index contributed by atoms with van der Waals surface area (Å²) in [5.74, 6) is 0. The Balaban J connectivity index is 2.27. The third-order valence-corrected chi connectivity index (χ3v) is 4.25. The molecular formula is C13H16ClN3S. The summed E-state index contributed by atoms with van der Waals surface area (Å²) in [5.41, 5.74) is 7.88. The van der Waals surface area contributed by atoms with Gasteiger partial charge in [0.15, 0.2) is 0 Å². The van der Waals surface area contributed by atoms with E-state index in [1.807, 2.05) is 49.8 Å². The van der Waals surface area contributed by atoms with E-state index in [9.17, 15) is 0 Å². The highest BCUT2D eigenvalue weighted by Gasteiger charge is 2.09. The van der Waals surface area contributed by atoms with Crippen LogP contribution in [0.15, 0.2) is 34.2 Å². The molecule has 0 fully saturated rings. The van der Waals surface area contributed by atoms with Crippen molar-refractivity contribution in [3.05, 3.63) is 40.5 Å². The summed E-state index contributed by atoms with van der Waals surface area (Å²) in [7, 11) is 1.93. The van der Waals surface area contributed by atoms with Gasteiger partial charge in [0.2, 0.25) is 0 Å². The fourth-order valence-corrected chi connectivity index (χ4v) is 2.90. The largest absolute Gasteiger partial charge is 0.324 e. The van der Waals surface area contributed by atoms with Crippen LogP contribution in [0.5, 0.6) is 0 Å². The van der Waals surface area contributed by atoms with Crippen molar-refractivity contribution in [1.29, 1.82) is 0 Å². The van der Waals surface area contributed by atoms with E-state index >= 15 is 0 Å². The normalized spacial score (nSPS) is 12.7. The molecule has 5 heteroatoms. The van der Waals surface area contributed by atoms with Crippen molar-refractivity contribution in [2.75, 3.05) is 0 Å². The van der Waals surface area contributed by atoms with Gasteiger partial charge < -0.3 is 5.73 Å². The van der Waals surface area contributed by atoms with Gasteiger partial charge in [0.05, 0.1) is 15.7 Å². The van der Waals surface area contributed by atoms with Crippen LogP contribution in [0.4, 0.5) is 0 Å². The molecule has 0 aliphatic heterocycles. The molecule has 0 amide bonds. The molecule has 1 heterocycles. The second-order valence-corrected chi connectivity index (χ2v) is 5.80. The molecule has 2 aromatic rings. The van der Waals surface area contributed by atoms with Crippen LogP contribution >= 0.6 is 23.4 Å². The molecule has 18 heavy (non-hydrogen) atoms. The van der Waals surface area contributed by atoms with Gasteiger partial charge in [-0.25, -0.2) is 0 Å². The van der Waals surface area contributed by atoms with Crippen molar-refractivity contribution < 1.29 is 0 Å². The van der Waals surface area contributed by atoms with Gasteiger partial charge >= 0.3 is 0 Å². The maximum atomic E-state index is 6.28. The molecule has 0 radical (unpaired) electrons. The van der Waals surface area contributed by atoms with Crippen molar-refractivity contribution >= 4 is 23.4 Å². The number of rotatable bonds is 3. The molecule has 1 atom stereocenters. The fourth-order valence-electron chi connectivity index (χ4n) is 1.68. The van der Waals surface area contributed by atoms with Crippen LogP contribution in [0.25, 0.3) is 0 Å². The average molecular weight is 282 g/mol. The number of hydrogen-bond acceptors (Lipinski definition) is 3. The first kappa shape index (κ1) is 13.5. The molecule has 0 saturated heterocycles. The minimum Gasteiger partial charge on any atom is -0.324 e. The SMILES string of the molecule is Cc1cc(Sc2ccc([C@@H](C)N)cc2Cl)n(C)n1. The molecule has 0 aliphatic rings. The Bertz CT molecular complexity index is 563. The molecule has 0 spiro atoms. The monoisotopic (exact) mass is 281 g/mol. The number of aromatic nitrogens is 2. The van der Waals surface area contributed by atoms with E-state index in [1.165, 1.54) is 0 Å². The van der Waals surface area contributed by atoms with Crippen LogP contribution in [0.3, 0.4) is 0 Å². The fraction of sp³-hybridized carbons (Fsp3) is 0.308. The van der Waals surface area contributed by atoms with Gasteiger partial charge in [0.25, 0.3) is 0 Å². The molecule has 0 aliphatic carbocycles. The third-order valence-electron chi connectivity index (χ3n) is 2.66. The van der Waals surface area contributed by atoms with Crippen molar-refractivity contribution in [3.8, 4) is 0 Å². The summed E-state index contributed by atoms with van der Waals surface area (Å²) in [6, 6.07) is 7.99. The number of aryl methyl sites for hydroxylation is 2. The predicted molar refractivity (Wildman–Crippen MR) is 76.1 cm³/mol. The van der Waals surface area contributed by atoms with E-state index in [0.717, 1.165) is 26.2 Å². The number of halogens is 1. The number of nitrogens with zero attached hydrogens (tertiary/aromatic N) is 2. The van der Waals surface area contributed by atoms with Crippen molar-refractivity contribution in [2.24, 2.45) is 12.8 Å². The van der Waals surface area contributed by atoms with Gasteiger partial charge in [0, 0.05) is 18.0 Å². The number of hydrogen-bond donors (Lipinski definition) is 1. The third kappa shape index (κ3) is 2.88. The van der Waals surface area contributed by atoms with Crippen LogP contribution in [-0.4, -0.2) is 9.78 Å². The summed E-state index contributed by atoms with van der Waals surface area (Å²) in [6.07, 6.45) is 0. The second-order valence-electron chi connectivity index (χ2n) is 4.33. The van der Waals surface area contributed by atoms with E-state index in [-0.39, 0.29) is 6.04 Å². The topological polar surface area (TPSA) is 43.8 Å². The molecule has 0 unspecified atom stereocenters. The van der Waals surface area contributed by atoms with E-state index in [4.69, 9.17) is 17.3 Å². The lowest BCUT2D eigenvalue weighted by Gasteiger charge is -2.09. The summed E-state index contributed by atoms with van der Waals surface area (Å²) in [4.78, 5) is 1.02. The summed E-state index contributed by atoms with van der Waals surface area (Å²) >= 11 is 7.89. The Hall–Kier alpha value is -0.970. The van der Waals surface area contributed by atoms with Crippen LogP contribution in [0.1, 0.15) is 24.2 Å². The molecular weight excluding hydrogens is 266 g/mol. The summed E-state index contributed by atoms with van der Waals surface area (Å²) < 4.78 is 1.86. The van der Waals surface area contributed by atoms with Gasteiger partial charge in [-0.1, -0.05) is 29.4 Å². The van der Waals surface area contributed by atoms with Crippen molar-refractivity contribution in [3.63, 3.8) is 0 Å². The Kier molecular flexibility index (Phi) is 4.00. The first-order valence-electron chi connectivity index (χ1n) is 5.71. The lowest BCUT2D eigenvalue weighted by molar-refractivity contribution is 0.692. The van der Waals surface area contributed by atoms with Gasteiger partial charge in [-0.05, 0) is 37.6 Å². The lowest BCUT2D eigenvalue weighted by atomic mass is 10.1. The van der Waals surface area contributed by atoms with E-state index < -0.39 is 0 Å². The Morgan fingerprint density at radius 3 is 2.61 bits per heavy atom. The maximum Gasteiger partial charge on any atom is 0.0987 e. The van der Waals surface area contributed by atoms with Crippen LogP contribution in [0.2, 0.25) is 5.02 Å². The molecule has 2 N–H and O–H groups in total. The smallest absolute Gasteiger partial charge is 0.0987 e. The van der Waals surface area contributed by atoms with Gasteiger partial charge in [0.1, 0.15) is 0 Å². The predicted octanol–water partition coefficient (Wildman–Crippen LogP) is 3.55. The quantitative estimate of drug-likeness (QED) is 0.936. The highest BCUT2D eigenvalue weighted by molar-refractivity contribution is 7.99. The molecule has 3 nitrogen and oxygen atoms in total. The Labute approximate surface area is 116 Å². The summed E-state index contributed by atoms with van der Waals surface area (Å²) in [5, 5.41) is 6.12. The molecule has 1 aromatic heterocycles. The van der Waals surface area contributed by atoms with E-state index in [0.29, 0.717) is 0 Å². The van der Waals surface area contributed by atoms with Gasteiger partial charge in [-0.2, -0.15) is 5.10 Å². The highest BCUT2D eigenvalue weighted by atomic mass is 35.5. The second kappa shape index (κ2) is 5.34. The minimum atomic E-state index is 0.000461. The highest BCUT2D eigenvalue weighted by Crippen LogP contribution is 2.34. The first-order chi connectivity index (χ1) is 8.47. The molecule has 96 valence electrons. The minimum absolute atomic E-state index is 0.000461. The lowest BCUT2D eigenvalue weighted by Crippen LogP contribution is -2.04. The standard InChI is InChI=1S/C13H16ClN3S/c1-8-6-13(17(3)16-8)18-12-5-4-10(9(2)15)7-11(12)14/h4-7,9H,15H2,1-3H3/t9-/m1/s1. The Morgan fingerprint density at radius 1 is 1.39 bits per heavy atom. The van der Waals surface area contributed by atoms with Gasteiger partial charge in [-0.3, -0.25) is 4.68 Å². The number of benzene rings is 1. The van der Waals surface area contributed by atoms with Crippen LogP contribution in [0, 0.1) is 6.92 Å². The zero-order valence-electron chi connectivity index (χ0n) is 10.6. The molecule has 0 bridgehead atoms. The zero-order chi connectivity index (χ0) is 13.3. The molecule has 1 aromatic carbocycles. The van der Waals surface area contributed by atoms with Crippen LogP contribution < -0.4 is 5.73 Å². The van der Waals surface area contributed by atoms with Gasteiger partial charge in [-0.15, -0.1) is 0 Å². The zero-order valence-corrected chi connectivity index (χ0v) is 12.2. The maximum absolute atomic E-state index is 6.28. The van der Waals surface area contributed by atoms with E-state index in [2.05, 4.69) is 5.10 Å². The summed E-state index contributed by atoms with van der Waals surface area (Å²) in [6.45, 7) is 3.92. The van der Waals surface area contributed by atoms with Crippen LogP contribution in [-0.2, 0) is 7.05 Å². The number of nitrogens with two attached hydrogens (primary N) is 1. The molecule has 0 saturated carbocycles. The molecule has 2 rings (SSSR count). The average Bonchev–Trinajstić information content (AvgIpc) is 2.60. The van der Waals surface area contributed by atoms with Crippen molar-refractivity contribution in [2.45, 2.75) is 29.8 Å². The first-order valence-corrected chi connectivity index (χ1v) is 6.90. The van der Waals surface area contributed by atoms with E-state index in [1.54, 1.807) is 11.8 Å². The van der Waals surface area contributed by atoms with Crippen molar-refractivity contribution in [1.82, 2.24) is 9.78 Å².